The molecule has 0 atom stereocenters. The standard InChI is InChI=1S/C11H6BrF4NO/c12-5-1-2-6-7(4-17-8(6)3-5)9(18)11(15,16)10(13)14/h1-4,10,17H. The number of alkyl halides is 4. The van der Waals surface area contributed by atoms with Crippen LogP contribution in [0.25, 0.3) is 10.9 Å². The molecule has 18 heavy (non-hydrogen) atoms. The third-order valence-corrected chi connectivity index (χ3v) is 2.96. The molecule has 96 valence electrons. The fourth-order valence-electron chi connectivity index (χ4n) is 1.56. The lowest BCUT2D eigenvalue weighted by Gasteiger charge is -2.12. The number of aromatic nitrogens is 1. The molecule has 0 aliphatic rings. The highest BCUT2D eigenvalue weighted by molar-refractivity contribution is 9.10. The first-order valence-corrected chi connectivity index (χ1v) is 5.60. The van der Waals surface area contributed by atoms with E-state index in [2.05, 4.69) is 20.9 Å². The number of fused-ring (bicyclic) bond motifs is 1. The fraction of sp³-hybridized carbons (Fsp3) is 0.182. The Morgan fingerprint density at radius 1 is 1.33 bits per heavy atom. The molecule has 0 fully saturated rings. The number of carbonyl (C=O) groups excluding carboxylic acids is 1. The van der Waals surface area contributed by atoms with Gasteiger partial charge < -0.3 is 4.98 Å². The van der Waals surface area contributed by atoms with Crippen LogP contribution in [0.2, 0.25) is 0 Å². The van der Waals surface area contributed by atoms with Gasteiger partial charge in [0.1, 0.15) is 0 Å². The van der Waals surface area contributed by atoms with Crippen molar-refractivity contribution < 1.29 is 22.4 Å². The fourth-order valence-corrected chi connectivity index (χ4v) is 1.93. The molecular formula is C11H6BrF4NO. The maximum absolute atomic E-state index is 13.0. The molecule has 2 nitrogen and oxygen atoms in total. The second kappa shape index (κ2) is 4.38. The molecule has 0 bridgehead atoms. The van der Waals surface area contributed by atoms with Gasteiger partial charge in [0.25, 0.3) is 0 Å². The number of Topliss-reactive ketones (excluding diaryl/α,β-unsaturated/α-hetero) is 1. The highest BCUT2D eigenvalue weighted by Crippen LogP contribution is 2.31. The van der Waals surface area contributed by atoms with Crippen molar-refractivity contribution >= 4 is 32.6 Å². The third kappa shape index (κ3) is 2.03. The van der Waals surface area contributed by atoms with E-state index in [0.717, 1.165) is 6.20 Å². The van der Waals surface area contributed by atoms with E-state index in [4.69, 9.17) is 0 Å². The van der Waals surface area contributed by atoms with Crippen molar-refractivity contribution in [1.82, 2.24) is 4.98 Å². The molecule has 1 aromatic carbocycles. The van der Waals surface area contributed by atoms with Crippen LogP contribution in [0.5, 0.6) is 0 Å². The van der Waals surface area contributed by atoms with Gasteiger partial charge >= 0.3 is 12.3 Å². The van der Waals surface area contributed by atoms with Crippen LogP contribution in [-0.4, -0.2) is 23.1 Å². The smallest absolute Gasteiger partial charge is 0.360 e. The molecule has 1 N–H and O–H groups in total. The van der Waals surface area contributed by atoms with E-state index in [0.29, 0.717) is 9.99 Å². The summed E-state index contributed by atoms with van der Waals surface area (Å²) >= 11 is 3.17. The molecule has 0 aliphatic heterocycles. The van der Waals surface area contributed by atoms with Gasteiger partial charge in [0, 0.05) is 27.1 Å². The summed E-state index contributed by atoms with van der Waals surface area (Å²) in [5.74, 6) is -6.56. The number of carbonyl (C=O) groups is 1. The third-order valence-electron chi connectivity index (χ3n) is 2.47. The number of nitrogens with one attached hydrogen (secondary N) is 1. The monoisotopic (exact) mass is 323 g/mol. The minimum Gasteiger partial charge on any atom is -0.360 e. The molecule has 0 radical (unpaired) electrons. The lowest BCUT2D eigenvalue weighted by Crippen LogP contribution is -2.36. The number of benzene rings is 1. The number of aromatic amines is 1. The van der Waals surface area contributed by atoms with Crippen molar-refractivity contribution in [2.24, 2.45) is 0 Å². The number of H-pyrrole nitrogens is 1. The maximum Gasteiger partial charge on any atom is 0.368 e. The van der Waals surface area contributed by atoms with Crippen molar-refractivity contribution in [3.8, 4) is 0 Å². The zero-order valence-corrected chi connectivity index (χ0v) is 10.3. The second-order valence-corrected chi connectivity index (χ2v) is 4.56. The minimum absolute atomic E-state index is 0.184. The van der Waals surface area contributed by atoms with Gasteiger partial charge in [0.2, 0.25) is 5.78 Å². The first kappa shape index (κ1) is 13.1. The molecule has 0 amide bonds. The summed E-state index contributed by atoms with van der Waals surface area (Å²) in [6, 6.07) is 4.50. The average Bonchev–Trinajstić information content (AvgIpc) is 2.70. The van der Waals surface area contributed by atoms with E-state index >= 15 is 0 Å². The Morgan fingerprint density at radius 2 is 2.00 bits per heavy atom. The molecule has 1 aromatic heterocycles. The van der Waals surface area contributed by atoms with Crippen LogP contribution in [0.3, 0.4) is 0 Å². The van der Waals surface area contributed by atoms with Crippen LogP contribution in [0.15, 0.2) is 28.9 Å². The summed E-state index contributed by atoms with van der Waals surface area (Å²) in [5.41, 5.74) is -0.0272. The lowest BCUT2D eigenvalue weighted by atomic mass is 10.0. The van der Waals surface area contributed by atoms with Gasteiger partial charge in [-0.25, -0.2) is 8.78 Å². The highest BCUT2D eigenvalue weighted by Gasteiger charge is 2.49. The minimum atomic E-state index is -4.68. The zero-order valence-electron chi connectivity index (χ0n) is 8.68. The Morgan fingerprint density at radius 3 is 2.61 bits per heavy atom. The molecule has 0 saturated heterocycles. The van der Waals surface area contributed by atoms with Crippen molar-refractivity contribution in [2.45, 2.75) is 12.3 Å². The first-order chi connectivity index (χ1) is 8.34. The zero-order chi connectivity index (χ0) is 13.5. The van der Waals surface area contributed by atoms with Gasteiger partial charge in [-0.1, -0.05) is 22.0 Å². The van der Waals surface area contributed by atoms with E-state index < -0.39 is 23.7 Å². The normalized spacial score (nSPS) is 12.3. The van der Waals surface area contributed by atoms with Gasteiger partial charge in [-0.15, -0.1) is 0 Å². The molecule has 7 heteroatoms. The molecule has 0 spiro atoms. The Labute approximate surface area is 107 Å². The van der Waals surface area contributed by atoms with Gasteiger partial charge in [0.15, 0.2) is 0 Å². The van der Waals surface area contributed by atoms with Crippen LogP contribution >= 0.6 is 15.9 Å². The Balaban J connectivity index is 2.52. The van der Waals surface area contributed by atoms with E-state index in [9.17, 15) is 22.4 Å². The van der Waals surface area contributed by atoms with Crippen LogP contribution in [-0.2, 0) is 0 Å². The van der Waals surface area contributed by atoms with Gasteiger partial charge in [-0.05, 0) is 12.1 Å². The molecule has 0 unspecified atom stereocenters. The van der Waals surface area contributed by atoms with E-state index in [1.54, 1.807) is 6.07 Å². The Kier molecular flexibility index (Phi) is 3.18. The van der Waals surface area contributed by atoms with Gasteiger partial charge in [-0.3, -0.25) is 4.79 Å². The number of hydrogen-bond donors (Lipinski definition) is 1. The summed E-state index contributed by atoms with van der Waals surface area (Å²) in [6.45, 7) is 0. The molecule has 2 aromatic rings. The average molecular weight is 324 g/mol. The summed E-state index contributed by atoms with van der Waals surface area (Å²) in [7, 11) is 0. The van der Waals surface area contributed by atoms with E-state index in [1.165, 1.54) is 12.1 Å². The quantitative estimate of drug-likeness (QED) is 0.671. The van der Waals surface area contributed by atoms with Crippen molar-refractivity contribution in [2.75, 3.05) is 0 Å². The largest absolute Gasteiger partial charge is 0.368 e. The van der Waals surface area contributed by atoms with Crippen molar-refractivity contribution in [3.05, 3.63) is 34.4 Å². The number of halogens is 5. The van der Waals surface area contributed by atoms with Crippen LogP contribution in [0.4, 0.5) is 17.6 Å². The lowest BCUT2D eigenvalue weighted by molar-refractivity contribution is -0.0957. The molecule has 0 aliphatic carbocycles. The predicted molar refractivity (Wildman–Crippen MR) is 61.3 cm³/mol. The van der Waals surface area contributed by atoms with Crippen LogP contribution in [0.1, 0.15) is 10.4 Å². The van der Waals surface area contributed by atoms with E-state index in [-0.39, 0.29) is 5.39 Å². The topological polar surface area (TPSA) is 32.9 Å². The molecular weight excluding hydrogens is 318 g/mol. The number of rotatable bonds is 3. The maximum atomic E-state index is 13.0. The number of ketones is 1. The van der Waals surface area contributed by atoms with E-state index in [1.807, 2.05) is 0 Å². The highest BCUT2D eigenvalue weighted by atomic mass is 79.9. The van der Waals surface area contributed by atoms with Crippen molar-refractivity contribution in [1.29, 1.82) is 0 Å². The Hall–Kier alpha value is -1.37. The van der Waals surface area contributed by atoms with Crippen LogP contribution < -0.4 is 0 Å². The molecule has 2 rings (SSSR count). The van der Waals surface area contributed by atoms with Crippen LogP contribution in [0, 0.1) is 0 Å². The molecule has 1 heterocycles. The number of hydrogen-bond acceptors (Lipinski definition) is 1. The predicted octanol–water partition coefficient (Wildman–Crippen LogP) is 4.01. The van der Waals surface area contributed by atoms with Crippen molar-refractivity contribution in [3.63, 3.8) is 0 Å². The molecule has 0 saturated carbocycles. The van der Waals surface area contributed by atoms with Gasteiger partial charge in [0.05, 0.1) is 0 Å². The summed E-state index contributed by atoms with van der Waals surface area (Å²) in [4.78, 5) is 14.0. The second-order valence-electron chi connectivity index (χ2n) is 3.65. The summed E-state index contributed by atoms with van der Waals surface area (Å²) in [6.07, 6.45) is -3.01. The first-order valence-electron chi connectivity index (χ1n) is 4.81. The van der Waals surface area contributed by atoms with Gasteiger partial charge in [-0.2, -0.15) is 8.78 Å². The summed E-state index contributed by atoms with van der Waals surface area (Å²) < 4.78 is 50.9. The SMILES string of the molecule is O=C(c1c[nH]c2cc(Br)ccc12)C(F)(F)C(F)F. The summed E-state index contributed by atoms with van der Waals surface area (Å²) in [5, 5.41) is 0.184. The Bertz CT molecular complexity index is 608.